The first-order valence-corrected chi connectivity index (χ1v) is 12.6. The Bertz CT molecular complexity index is 1460. The lowest BCUT2D eigenvalue weighted by Gasteiger charge is -2.26. The van der Waals surface area contributed by atoms with Crippen LogP contribution in [-0.2, 0) is 9.53 Å². The second kappa shape index (κ2) is 10.3. The summed E-state index contributed by atoms with van der Waals surface area (Å²) in [6.07, 6.45) is 1.51. The predicted octanol–water partition coefficient (Wildman–Crippen LogP) is 6.13. The SMILES string of the molecule is COc1cc(-n2cnc3cc(-c4ccc(Cl)cc4)sc3c2=O)ccc1OCC(C)(C)OC(=O)C(C)C. The molecule has 2 heterocycles. The van der Waals surface area contributed by atoms with Crippen LogP contribution in [-0.4, -0.2) is 34.8 Å². The van der Waals surface area contributed by atoms with Crippen LogP contribution in [0, 0.1) is 5.92 Å². The first-order chi connectivity index (χ1) is 17.1. The molecule has 2 aromatic carbocycles. The Balaban J connectivity index is 1.60. The normalized spacial score (nSPS) is 11.6. The summed E-state index contributed by atoms with van der Waals surface area (Å²) in [6.45, 7) is 7.27. The van der Waals surface area contributed by atoms with Crippen LogP contribution in [0.15, 0.2) is 59.7 Å². The van der Waals surface area contributed by atoms with Crippen LogP contribution in [0.25, 0.3) is 26.3 Å². The Morgan fingerprint density at radius 1 is 1.11 bits per heavy atom. The summed E-state index contributed by atoms with van der Waals surface area (Å²) in [4.78, 5) is 30.7. The molecule has 0 atom stereocenters. The van der Waals surface area contributed by atoms with Gasteiger partial charge >= 0.3 is 5.97 Å². The number of carbonyl (C=O) groups is 1. The van der Waals surface area contributed by atoms with E-state index in [1.165, 1.54) is 29.3 Å². The Kier molecular flexibility index (Phi) is 7.38. The van der Waals surface area contributed by atoms with Gasteiger partial charge < -0.3 is 14.2 Å². The smallest absolute Gasteiger partial charge is 0.309 e. The molecule has 0 N–H and O–H groups in total. The van der Waals surface area contributed by atoms with Crippen molar-refractivity contribution in [1.82, 2.24) is 9.55 Å². The lowest BCUT2D eigenvalue weighted by molar-refractivity contribution is -0.163. The van der Waals surface area contributed by atoms with E-state index in [0.717, 1.165) is 10.4 Å². The number of halogens is 1. The number of carbonyl (C=O) groups excluding carboxylic acids is 1. The molecule has 0 radical (unpaired) electrons. The third kappa shape index (κ3) is 5.55. The van der Waals surface area contributed by atoms with Gasteiger partial charge in [-0.25, -0.2) is 4.98 Å². The molecule has 4 rings (SSSR count). The van der Waals surface area contributed by atoms with E-state index in [4.69, 9.17) is 25.8 Å². The molecule has 0 spiro atoms. The second-order valence-electron chi connectivity index (χ2n) is 9.21. The van der Waals surface area contributed by atoms with E-state index >= 15 is 0 Å². The number of ether oxygens (including phenoxy) is 3. The zero-order valence-electron chi connectivity index (χ0n) is 20.7. The summed E-state index contributed by atoms with van der Waals surface area (Å²) < 4.78 is 19.0. The minimum Gasteiger partial charge on any atom is -0.493 e. The first-order valence-electron chi connectivity index (χ1n) is 11.4. The van der Waals surface area contributed by atoms with Crippen LogP contribution in [0.4, 0.5) is 0 Å². The van der Waals surface area contributed by atoms with Crippen LogP contribution in [0.2, 0.25) is 5.02 Å². The van der Waals surface area contributed by atoms with Gasteiger partial charge in [-0.2, -0.15) is 0 Å². The Morgan fingerprint density at radius 3 is 2.50 bits per heavy atom. The molecule has 188 valence electrons. The summed E-state index contributed by atoms with van der Waals surface area (Å²) in [5.74, 6) is 0.394. The lowest BCUT2D eigenvalue weighted by atomic mass is 10.1. The van der Waals surface area contributed by atoms with Gasteiger partial charge in [0, 0.05) is 16.0 Å². The first kappa shape index (κ1) is 25.7. The van der Waals surface area contributed by atoms with E-state index in [9.17, 15) is 9.59 Å². The minimum absolute atomic E-state index is 0.136. The van der Waals surface area contributed by atoms with Crippen molar-refractivity contribution in [3.63, 3.8) is 0 Å². The van der Waals surface area contributed by atoms with Gasteiger partial charge in [0.15, 0.2) is 11.5 Å². The monoisotopic (exact) mass is 526 g/mol. The second-order valence-corrected chi connectivity index (χ2v) is 10.7. The summed E-state index contributed by atoms with van der Waals surface area (Å²) in [5, 5.41) is 0.654. The fourth-order valence-electron chi connectivity index (χ4n) is 3.45. The van der Waals surface area contributed by atoms with Crippen LogP contribution >= 0.6 is 22.9 Å². The van der Waals surface area contributed by atoms with Crippen molar-refractivity contribution >= 4 is 39.1 Å². The molecule has 0 unspecified atom stereocenters. The van der Waals surface area contributed by atoms with Gasteiger partial charge in [-0.15, -0.1) is 11.3 Å². The van der Waals surface area contributed by atoms with E-state index < -0.39 is 5.60 Å². The highest BCUT2D eigenvalue weighted by Gasteiger charge is 2.26. The number of nitrogens with zero attached hydrogens (tertiary/aromatic N) is 2. The van der Waals surface area contributed by atoms with Gasteiger partial charge in [0.2, 0.25) is 0 Å². The topological polar surface area (TPSA) is 79.7 Å². The highest BCUT2D eigenvalue weighted by Crippen LogP contribution is 2.33. The maximum atomic E-state index is 13.3. The molecule has 0 aliphatic rings. The van der Waals surface area contributed by atoms with Gasteiger partial charge in [-0.3, -0.25) is 14.2 Å². The van der Waals surface area contributed by atoms with Crippen molar-refractivity contribution in [1.29, 1.82) is 0 Å². The molecule has 0 saturated carbocycles. The Morgan fingerprint density at radius 2 is 1.83 bits per heavy atom. The highest BCUT2D eigenvalue weighted by atomic mass is 35.5. The molecule has 4 aromatic rings. The number of hydrogen-bond donors (Lipinski definition) is 0. The number of hydrogen-bond acceptors (Lipinski definition) is 7. The van der Waals surface area contributed by atoms with Gasteiger partial charge in [-0.1, -0.05) is 37.6 Å². The highest BCUT2D eigenvalue weighted by molar-refractivity contribution is 7.22. The van der Waals surface area contributed by atoms with Crippen molar-refractivity contribution in [3.8, 4) is 27.6 Å². The summed E-state index contributed by atoms with van der Waals surface area (Å²) >= 11 is 7.39. The van der Waals surface area contributed by atoms with Crippen LogP contribution in [0.3, 0.4) is 0 Å². The average Bonchev–Trinajstić information content (AvgIpc) is 3.28. The number of rotatable bonds is 8. The van der Waals surface area contributed by atoms with Crippen LogP contribution < -0.4 is 15.0 Å². The zero-order valence-corrected chi connectivity index (χ0v) is 22.3. The number of thiophene rings is 1. The fraction of sp³-hybridized carbons (Fsp3) is 0.296. The molecule has 0 bridgehead atoms. The summed E-state index contributed by atoms with van der Waals surface area (Å²) in [6, 6.07) is 14.6. The van der Waals surface area contributed by atoms with Crippen LogP contribution in [0.1, 0.15) is 27.7 Å². The van der Waals surface area contributed by atoms with Crippen LogP contribution in [0.5, 0.6) is 11.5 Å². The van der Waals surface area contributed by atoms with Crippen molar-refractivity contribution < 1.29 is 19.0 Å². The van der Waals surface area contributed by atoms with E-state index in [-0.39, 0.29) is 24.1 Å². The molecule has 0 aliphatic carbocycles. The van der Waals surface area contributed by atoms with Gasteiger partial charge in [-0.05, 0) is 49.7 Å². The molecule has 9 heteroatoms. The lowest BCUT2D eigenvalue weighted by Crippen LogP contribution is -2.36. The molecule has 7 nitrogen and oxygen atoms in total. The maximum absolute atomic E-state index is 13.3. The Hall–Kier alpha value is -3.36. The van der Waals surface area contributed by atoms with Crippen molar-refractivity contribution in [2.75, 3.05) is 13.7 Å². The predicted molar refractivity (Wildman–Crippen MR) is 143 cm³/mol. The maximum Gasteiger partial charge on any atom is 0.309 e. The van der Waals surface area contributed by atoms with E-state index in [1.54, 1.807) is 45.9 Å². The van der Waals surface area contributed by atoms with Gasteiger partial charge in [0.25, 0.3) is 5.56 Å². The molecular weight excluding hydrogens is 500 g/mol. The molecule has 0 amide bonds. The van der Waals surface area contributed by atoms with Crippen molar-refractivity contribution in [2.45, 2.75) is 33.3 Å². The van der Waals surface area contributed by atoms with Crippen molar-refractivity contribution in [2.24, 2.45) is 5.92 Å². The van der Waals surface area contributed by atoms with Gasteiger partial charge in [0.05, 0.1) is 24.2 Å². The molecule has 0 aliphatic heterocycles. The summed E-state index contributed by atoms with van der Waals surface area (Å²) in [5.41, 5.74) is 1.20. The molecule has 0 fully saturated rings. The fourth-order valence-corrected chi connectivity index (χ4v) is 4.62. The van der Waals surface area contributed by atoms with Crippen molar-refractivity contribution in [3.05, 3.63) is 70.2 Å². The third-order valence-electron chi connectivity index (χ3n) is 5.42. The zero-order chi connectivity index (χ0) is 26.0. The molecule has 2 aromatic heterocycles. The largest absolute Gasteiger partial charge is 0.493 e. The van der Waals surface area contributed by atoms with E-state index in [0.29, 0.717) is 32.4 Å². The van der Waals surface area contributed by atoms with E-state index in [1.807, 2.05) is 30.3 Å². The van der Waals surface area contributed by atoms with Gasteiger partial charge in [0.1, 0.15) is 23.2 Å². The molecule has 0 saturated heterocycles. The molecule has 36 heavy (non-hydrogen) atoms. The quantitative estimate of drug-likeness (QED) is 0.257. The number of esters is 1. The number of methoxy groups -OCH3 is 1. The summed E-state index contributed by atoms with van der Waals surface area (Å²) in [7, 11) is 1.53. The van der Waals surface area contributed by atoms with E-state index in [2.05, 4.69) is 4.98 Å². The third-order valence-corrected chi connectivity index (χ3v) is 6.83. The molecular formula is C27H27ClN2O5S. The minimum atomic E-state index is -0.822. The Labute approximate surface area is 218 Å². The average molecular weight is 527 g/mol. The number of benzene rings is 2. The standard InChI is InChI=1S/C27H27ClN2O5S/c1-16(2)26(32)35-27(3,4)14-34-21-11-10-19(12-22(21)33-5)30-15-29-20-13-23(36-24(20)25(30)31)17-6-8-18(28)9-7-17/h6-13,15-16H,14H2,1-5H3. The number of fused-ring (bicyclic) bond motifs is 1. The number of aromatic nitrogens is 2.